The van der Waals surface area contributed by atoms with Crippen LogP contribution in [0.1, 0.15) is 81.0 Å². The molecule has 2 aromatic carbocycles. The van der Waals surface area contributed by atoms with E-state index in [1.165, 1.54) is 21.6 Å². The highest BCUT2D eigenvalue weighted by Gasteiger charge is 2.27. The monoisotopic (exact) mass is 507 g/mol. The van der Waals surface area contributed by atoms with Crippen molar-refractivity contribution in [2.75, 3.05) is 13.6 Å². The highest BCUT2D eigenvalue weighted by atomic mass is 16.3. The molecular formula is C31H45N3O3. The highest BCUT2D eigenvalue weighted by molar-refractivity contribution is 5.87. The number of amides is 2. The molecule has 0 saturated heterocycles. The van der Waals surface area contributed by atoms with Gasteiger partial charge in [-0.15, -0.1) is 0 Å². The summed E-state index contributed by atoms with van der Waals surface area (Å²) in [7, 11) is 1.69. The maximum atomic E-state index is 13.1. The van der Waals surface area contributed by atoms with Gasteiger partial charge in [-0.25, -0.2) is 0 Å². The van der Waals surface area contributed by atoms with Crippen LogP contribution in [0.3, 0.4) is 0 Å². The summed E-state index contributed by atoms with van der Waals surface area (Å²) in [5.41, 5.74) is 4.82. The molecule has 0 unspecified atom stereocenters. The Kier molecular flexibility index (Phi) is 11.2. The molecule has 2 aliphatic rings. The van der Waals surface area contributed by atoms with Crippen LogP contribution in [-0.4, -0.2) is 53.6 Å². The minimum absolute atomic E-state index is 0.0125. The van der Waals surface area contributed by atoms with Crippen molar-refractivity contribution in [1.82, 2.24) is 15.5 Å². The Morgan fingerprint density at radius 3 is 2.38 bits per heavy atom. The number of carbonyl (C=O) groups is 2. The van der Waals surface area contributed by atoms with Gasteiger partial charge in [0.1, 0.15) is 6.04 Å². The molecule has 2 aliphatic heterocycles. The average Bonchev–Trinajstić information content (AvgIpc) is 2.89. The fourth-order valence-corrected chi connectivity index (χ4v) is 4.78. The Morgan fingerprint density at radius 1 is 1.00 bits per heavy atom. The summed E-state index contributed by atoms with van der Waals surface area (Å²) >= 11 is 0. The van der Waals surface area contributed by atoms with Gasteiger partial charge in [0.05, 0.1) is 12.1 Å². The van der Waals surface area contributed by atoms with Crippen LogP contribution in [0.2, 0.25) is 0 Å². The van der Waals surface area contributed by atoms with Gasteiger partial charge < -0.3 is 20.6 Å². The number of aliphatic hydroxyl groups is 1. The molecule has 2 aromatic rings. The van der Waals surface area contributed by atoms with E-state index in [1.807, 2.05) is 0 Å². The minimum Gasteiger partial charge on any atom is -0.390 e. The molecule has 6 heteroatoms. The molecule has 3 N–H and O–H groups in total. The Labute approximate surface area is 222 Å². The smallest absolute Gasteiger partial charge is 0.242 e. The van der Waals surface area contributed by atoms with Gasteiger partial charge in [0.25, 0.3) is 0 Å². The Bertz CT molecular complexity index is 1010. The highest BCUT2D eigenvalue weighted by Crippen LogP contribution is 2.17. The van der Waals surface area contributed by atoms with E-state index in [2.05, 4.69) is 73.0 Å². The Hall–Kier alpha value is -2.70. The fraction of sp³-hybridized carbons (Fsp3) is 0.548. The van der Waals surface area contributed by atoms with E-state index in [1.54, 1.807) is 14.0 Å². The third-order valence-corrected chi connectivity index (χ3v) is 7.53. The van der Waals surface area contributed by atoms with Crippen molar-refractivity contribution >= 4 is 11.8 Å². The van der Waals surface area contributed by atoms with Crippen LogP contribution in [0.15, 0.2) is 48.5 Å². The normalized spacial score (nSPS) is 21.1. The molecule has 4 rings (SSSR count). The molecule has 0 saturated carbocycles. The van der Waals surface area contributed by atoms with Crippen LogP contribution in [-0.2, 0) is 29.0 Å². The van der Waals surface area contributed by atoms with Crippen molar-refractivity contribution in [2.45, 2.75) is 96.4 Å². The van der Waals surface area contributed by atoms with Crippen molar-refractivity contribution < 1.29 is 14.7 Å². The summed E-state index contributed by atoms with van der Waals surface area (Å²) < 4.78 is 0. The Balaban J connectivity index is 1.71. The predicted molar refractivity (Wildman–Crippen MR) is 149 cm³/mol. The lowest BCUT2D eigenvalue weighted by atomic mass is 9.98. The van der Waals surface area contributed by atoms with Crippen molar-refractivity contribution in [1.29, 1.82) is 0 Å². The number of fused-ring (bicyclic) bond motifs is 14. The van der Waals surface area contributed by atoms with Crippen molar-refractivity contribution in [3.05, 3.63) is 70.8 Å². The van der Waals surface area contributed by atoms with E-state index in [9.17, 15) is 14.7 Å². The third-order valence-electron chi connectivity index (χ3n) is 7.53. The molecule has 0 spiro atoms. The van der Waals surface area contributed by atoms with E-state index in [0.29, 0.717) is 31.8 Å². The number of aliphatic hydroxyl groups excluding tert-OH is 1. The number of benzene rings is 2. The molecule has 202 valence electrons. The number of nitrogens with zero attached hydrogens (tertiary/aromatic N) is 1. The fourth-order valence-electron chi connectivity index (χ4n) is 4.78. The van der Waals surface area contributed by atoms with Crippen LogP contribution in [0.25, 0.3) is 0 Å². The first-order chi connectivity index (χ1) is 17.7. The lowest BCUT2D eigenvalue weighted by molar-refractivity contribution is -0.139. The summed E-state index contributed by atoms with van der Waals surface area (Å²) in [6.45, 7) is 7.09. The van der Waals surface area contributed by atoms with Gasteiger partial charge in [-0.2, -0.15) is 0 Å². The van der Waals surface area contributed by atoms with E-state index in [-0.39, 0.29) is 11.8 Å². The molecule has 0 fully saturated rings. The molecule has 6 nitrogen and oxygen atoms in total. The van der Waals surface area contributed by atoms with Gasteiger partial charge in [0.15, 0.2) is 0 Å². The quantitative estimate of drug-likeness (QED) is 0.543. The number of nitrogens with one attached hydrogen (secondary N) is 2. The zero-order chi connectivity index (χ0) is 26.8. The maximum absolute atomic E-state index is 13.1. The van der Waals surface area contributed by atoms with Gasteiger partial charge in [0, 0.05) is 26.6 Å². The zero-order valence-electron chi connectivity index (χ0n) is 23.0. The van der Waals surface area contributed by atoms with Crippen LogP contribution in [0, 0.1) is 0 Å². The summed E-state index contributed by atoms with van der Waals surface area (Å²) in [6, 6.07) is 15.9. The third kappa shape index (κ3) is 8.97. The Morgan fingerprint density at radius 2 is 1.68 bits per heavy atom. The molecule has 0 aliphatic carbocycles. The number of aryl methyl sites for hydroxylation is 1. The van der Waals surface area contributed by atoms with Gasteiger partial charge in [-0.3, -0.25) is 9.59 Å². The second-order valence-corrected chi connectivity index (χ2v) is 10.8. The summed E-state index contributed by atoms with van der Waals surface area (Å²) in [4.78, 5) is 27.3. The molecule has 2 bridgehead atoms. The molecular weight excluding hydrogens is 462 g/mol. The van der Waals surface area contributed by atoms with E-state index in [0.717, 1.165) is 37.7 Å². The van der Waals surface area contributed by atoms with E-state index >= 15 is 0 Å². The van der Waals surface area contributed by atoms with Crippen LogP contribution >= 0.6 is 0 Å². The lowest BCUT2D eigenvalue weighted by Crippen LogP contribution is -2.54. The zero-order valence-corrected chi connectivity index (χ0v) is 23.0. The number of rotatable bonds is 6. The number of carbonyl (C=O) groups excluding carboxylic acids is 2. The summed E-state index contributed by atoms with van der Waals surface area (Å²) in [5, 5.41) is 17.6. The molecule has 3 atom stereocenters. The largest absolute Gasteiger partial charge is 0.390 e. The minimum atomic E-state index is -0.785. The van der Waals surface area contributed by atoms with Gasteiger partial charge >= 0.3 is 0 Å². The van der Waals surface area contributed by atoms with Crippen molar-refractivity contribution in [3.8, 4) is 0 Å². The SMILES string of the molecule is CC(C)c1cccc(CNC[C@@H](O)[C@@H]2Cc3ccc(cc3)CCCCCCC(=O)N(C)[C@@H](C)C(=O)N2)c1. The van der Waals surface area contributed by atoms with Crippen LogP contribution in [0.4, 0.5) is 0 Å². The predicted octanol–water partition coefficient (Wildman–Crippen LogP) is 4.34. The number of likely N-dealkylation sites (N-methyl/N-ethyl adjacent to an activating group) is 1. The molecule has 0 radical (unpaired) electrons. The molecule has 2 amide bonds. The van der Waals surface area contributed by atoms with Gasteiger partial charge in [-0.05, 0) is 60.8 Å². The first kappa shape index (κ1) is 28.9. The summed E-state index contributed by atoms with van der Waals surface area (Å²) in [6.07, 6.45) is 5.26. The van der Waals surface area contributed by atoms with Crippen molar-refractivity contribution in [2.24, 2.45) is 0 Å². The van der Waals surface area contributed by atoms with Crippen molar-refractivity contribution in [3.63, 3.8) is 0 Å². The van der Waals surface area contributed by atoms with E-state index in [4.69, 9.17) is 0 Å². The topological polar surface area (TPSA) is 81.7 Å². The molecule has 0 aromatic heterocycles. The molecule has 37 heavy (non-hydrogen) atoms. The van der Waals surface area contributed by atoms with Gasteiger partial charge in [-0.1, -0.05) is 75.2 Å². The lowest BCUT2D eigenvalue weighted by Gasteiger charge is -2.29. The van der Waals surface area contributed by atoms with Crippen LogP contribution in [0.5, 0.6) is 0 Å². The average molecular weight is 508 g/mol. The molecule has 2 heterocycles. The number of hydrogen-bond acceptors (Lipinski definition) is 4. The second kappa shape index (κ2) is 14.3. The number of hydrogen-bond donors (Lipinski definition) is 3. The standard InChI is InChI=1S/C31H45N3O3/c1-22(2)27-12-9-11-26(18-27)20-32-21-29(35)28-19-25-16-14-24(15-17-25)10-7-5-6-8-13-30(36)34(4)23(3)31(37)33-28/h9,11-12,14-18,22-23,28-29,32,35H,5-8,10,13,19-21H2,1-4H3,(H,33,37)/t23-,28-,29+/m0/s1. The second-order valence-electron chi connectivity index (χ2n) is 10.8. The van der Waals surface area contributed by atoms with Crippen LogP contribution < -0.4 is 10.6 Å². The van der Waals surface area contributed by atoms with E-state index < -0.39 is 18.2 Å². The van der Waals surface area contributed by atoms with Gasteiger partial charge in [0.2, 0.25) is 11.8 Å². The summed E-state index contributed by atoms with van der Waals surface area (Å²) in [5.74, 6) is 0.203. The first-order valence-electron chi connectivity index (χ1n) is 13.9. The maximum Gasteiger partial charge on any atom is 0.242 e. The first-order valence-corrected chi connectivity index (χ1v) is 13.9.